The quantitative estimate of drug-likeness (QED) is 0.568. The minimum absolute atomic E-state index is 0.127. The molecule has 0 aromatic carbocycles. The first-order chi connectivity index (χ1) is 9.08. The van der Waals surface area contributed by atoms with Crippen LogP contribution in [-0.2, 0) is 9.59 Å². The molecule has 0 saturated carbocycles. The lowest BCUT2D eigenvalue weighted by molar-refractivity contribution is -0.148. The molecule has 2 rings (SSSR count). The zero-order valence-corrected chi connectivity index (χ0v) is 10.9. The fourth-order valence-electron chi connectivity index (χ4n) is 2.67. The van der Waals surface area contributed by atoms with E-state index < -0.39 is 18.1 Å². The molecule has 0 aromatic rings. The largest absolute Gasteiger partial charge is 0.480 e. The molecular weight excluding hydrogens is 250 g/mol. The smallest absolute Gasteiger partial charge is 0.326 e. The molecule has 2 saturated heterocycles. The molecule has 3 N–H and O–H groups in total. The topological polar surface area (TPSA) is 93.1 Å². The third-order valence-corrected chi connectivity index (χ3v) is 3.68. The monoisotopic (exact) mass is 271 g/mol. The molecule has 0 aliphatic carbocycles. The number of amides is 1. The average molecular weight is 271 g/mol. The average Bonchev–Trinajstić information content (AvgIpc) is 2.58. The fourth-order valence-corrected chi connectivity index (χ4v) is 2.67. The normalized spacial score (nSPS) is 29.2. The van der Waals surface area contributed by atoms with Crippen molar-refractivity contribution in [2.24, 2.45) is 0 Å². The minimum Gasteiger partial charge on any atom is -0.480 e. The lowest BCUT2D eigenvalue weighted by Crippen LogP contribution is -2.46. The van der Waals surface area contributed by atoms with Gasteiger partial charge >= 0.3 is 5.97 Å². The number of rotatable bonds is 3. The van der Waals surface area contributed by atoms with Gasteiger partial charge in [-0.05, 0) is 19.5 Å². The van der Waals surface area contributed by atoms with E-state index in [1.165, 1.54) is 4.90 Å². The summed E-state index contributed by atoms with van der Waals surface area (Å²) in [6, 6.07) is -0.882. The summed E-state index contributed by atoms with van der Waals surface area (Å²) in [7, 11) is 0. The third kappa shape index (κ3) is 3.65. The van der Waals surface area contributed by atoms with Crippen LogP contribution in [0.2, 0.25) is 0 Å². The van der Waals surface area contributed by atoms with E-state index in [4.69, 9.17) is 5.11 Å². The second-order valence-electron chi connectivity index (χ2n) is 5.17. The van der Waals surface area contributed by atoms with E-state index in [2.05, 4.69) is 5.32 Å². The van der Waals surface area contributed by atoms with Gasteiger partial charge in [0.25, 0.3) is 0 Å². The highest BCUT2D eigenvalue weighted by Gasteiger charge is 2.39. The summed E-state index contributed by atoms with van der Waals surface area (Å²) in [4.78, 5) is 26.6. The predicted molar refractivity (Wildman–Crippen MR) is 67.7 cm³/mol. The fraction of sp³-hybridized carbons (Fsp3) is 0.833. The molecule has 2 heterocycles. The first-order valence-electron chi connectivity index (χ1n) is 6.71. The molecule has 7 nitrogen and oxygen atoms in total. The van der Waals surface area contributed by atoms with E-state index in [1.807, 2.05) is 4.90 Å². The van der Waals surface area contributed by atoms with Gasteiger partial charge < -0.3 is 20.4 Å². The number of carbonyl (C=O) groups excluding carboxylic acids is 1. The van der Waals surface area contributed by atoms with Crippen molar-refractivity contribution in [1.29, 1.82) is 0 Å². The molecule has 2 fully saturated rings. The molecule has 2 aliphatic heterocycles. The number of carboxylic acids is 1. The summed E-state index contributed by atoms with van der Waals surface area (Å²) < 4.78 is 0. The van der Waals surface area contributed by atoms with Crippen molar-refractivity contribution < 1.29 is 19.8 Å². The summed E-state index contributed by atoms with van der Waals surface area (Å²) in [5.74, 6) is -1.24. The van der Waals surface area contributed by atoms with Crippen LogP contribution in [0.3, 0.4) is 0 Å². The van der Waals surface area contributed by atoms with Gasteiger partial charge in [-0.15, -0.1) is 0 Å². The SMILES string of the molecule is O=C(O)[C@H]1C[C@@H](O)CN1C(=O)CN1CCCNCC1. The number of likely N-dealkylation sites (tertiary alicyclic amines) is 1. The number of carbonyl (C=O) groups is 2. The van der Waals surface area contributed by atoms with Crippen molar-refractivity contribution in [2.45, 2.75) is 25.0 Å². The molecule has 1 amide bonds. The second-order valence-corrected chi connectivity index (χ2v) is 5.17. The maximum atomic E-state index is 12.2. The highest BCUT2D eigenvalue weighted by Crippen LogP contribution is 2.18. The first-order valence-corrected chi connectivity index (χ1v) is 6.71. The highest BCUT2D eigenvalue weighted by molar-refractivity contribution is 5.85. The number of β-amino-alcohol motifs (C(OH)–C–C–N with tert-alkyl or cyclic N) is 1. The zero-order chi connectivity index (χ0) is 13.8. The number of aliphatic hydroxyl groups is 1. The molecule has 19 heavy (non-hydrogen) atoms. The van der Waals surface area contributed by atoms with E-state index in [9.17, 15) is 14.7 Å². The van der Waals surface area contributed by atoms with Crippen LogP contribution in [0.1, 0.15) is 12.8 Å². The second kappa shape index (κ2) is 6.31. The van der Waals surface area contributed by atoms with E-state index in [1.54, 1.807) is 0 Å². The Hall–Kier alpha value is -1.18. The van der Waals surface area contributed by atoms with E-state index >= 15 is 0 Å². The molecule has 2 atom stereocenters. The number of hydrogen-bond acceptors (Lipinski definition) is 5. The summed E-state index contributed by atoms with van der Waals surface area (Å²) in [6.07, 6.45) is 0.386. The van der Waals surface area contributed by atoms with Crippen molar-refractivity contribution in [1.82, 2.24) is 15.1 Å². The van der Waals surface area contributed by atoms with Gasteiger partial charge in [-0.1, -0.05) is 0 Å². The summed E-state index contributed by atoms with van der Waals surface area (Å²) in [5.41, 5.74) is 0. The van der Waals surface area contributed by atoms with Gasteiger partial charge in [0.05, 0.1) is 12.6 Å². The Kier molecular flexibility index (Phi) is 4.73. The Morgan fingerprint density at radius 2 is 2.05 bits per heavy atom. The number of hydrogen-bond donors (Lipinski definition) is 3. The number of aliphatic carboxylic acids is 1. The third-order valence-electron chi connectivity index (χ3n) is 3.68. The highest BCUT2D eigenvalue weighted by atomic mass is 16.4. The van der Waals surface area contributed by atoms with Crippen LogP contribution in [0.4, 0.5) is 0 Å². The number of nitrogens with one attached hydrogen (secondary N) is 1. The van der Waals surface area contributed by atoms with Crippen LogP contribution in [-0.4, -0.2) is 83.3 Å². The Morgan fingerprint density at radius 1 is 1.26 bits per heavy atom. The van der Waals surface area contributed by atoms with Crippen LogP contribution in [0.25, 0.3) is 0 Å². The Labute approximate surface area is 112 Å². The van der Waals surface area contributed by atoms with Crippen LogP contribution in [0.5, 0.6) is 0 Å². The Balaban J connectivity index is 1.92. The van der Waals surface area contributed by atoms with Crippen molar-refractivity contribution in [3.8, 4) is 0 Å². The minimum atomic E-state index is -1.04. The first kappa shape index (κ1) is 14.2. The van der Waals surface area contributed by atoms with Gasteiger partial charge in [0.15, 0.2) is 0 Å². The lowest BCUT2D eigenvalue weighted by Gasteiger charge is -2.25. The van der Waals surface area contributed by atoms with Crippen molar-refractivity contribution >= 4 is 11.9 Å². The maximum Gasteiger partial charge on any atom is 0.326 e. The number of carboxylic acid groups (broad SMARTS) is 1. The van der Waals surface area contributed by atoms with Crippen LogP contribution >= 0.6 is 0 Å². The van der Waals surface area contributed by atoms with Crippen LogP contribution in [0, 0.1) is 0 Å². The van der Waals surface area contributed by atoms with Crippen LogP contribution < -0.4 is 5.32 Å². The van der Waals surface area contributed by atoms with E-state index in [-0.39, 0.29) is 25.4 Å². The molecule has 2 aliphatic rings. The van der Waals surface area contributed by atoms with Gasteiger partial charge in [-0.25, -0.2) is 4.79 Å². The van der Waals surface area contributed by atoms with E-state index in [0.29, 0.717) is 0 Å². The molecular formula is C12H21N3O4. The molecule has 0 spiro atoms. The number of nitrogens with zero attached hydrogens (tertiary/aromatic N) is 2. The Bertz CT molecular complexity index is 342. The standard InChI is InChI=1S/C12H21N3O4/c16-9-6-10(12(18)19)15(7-9)11(17)8-14-4-1-2-13-3-5-14/h9-10,13,16H,1-8H2,(H,18,19)/t9-,10-/m1/s1. The van der Waals surface area contributed by atoms with Crippen molar-refractivity contribution in [3.63, 3.8) is 0 Å². The molecule has 0 radical (unpaired) electrons. The molecule has 0 unspecified atom stereocenters. The predicted octanol–water partition coefficient (Wildman–Crippen LogP) is -1.67. The van der Waals surface area contributed by atoms with Gasteiger partial charge in [-0.3, -0.25) is 9.69 Å². The Morgan fingerprint density at radius 3 is 2.79 bits per heavy atom. The summed E-state index contributed by atoms with van der Waals surface area (Å²) in [5, 5.41) is 21.9. The molecule has 108 valence electrons. The molecule has 7 heteroatoms. The lowest BCUT2D eigenvalue weighted by atomic mass is 10.2. The van der Waals surface area contributed by atoms with E-state index in [0.717, 1.165) is 32.6 Å². The van der Waals surface area contributed by atoms with Crippen molar-refractivity contribution in [2.75, 3.05) is 39.3 Å². The summed E-state index contributed by atoms with van der Waals surface area (Å²) >= 11 is 0. The van der Waals surface area contributed by atoms with Gasteiger partial charge in [0.2, 0.25) is 5.91 Å². The number of aliphatic hydroxyl groups excluding tert-OH is 1. The van der Waals surface area contributed by atoms with Crippen LogP contribution in [0.15, 0.2) is 0 Å². The van der Waals surface area contributed by atoms with Gasteiger partial charge in [-0.2, -0.15) is 0 Å². The molecule has 0 aromatic heterocycles. The van der Waals surface area contributed by atoms with Gasteiger partial charge in [0.1, 0.15) is 6.04 Å². The molecule has 0 bridgehead atoms. The maximum absolute atomic E-state index is 12.2. The van der Waals surface area contributed by atoms with Gasteiger partial charge in [0, 0.05) is 26.1 Å². The summed E-state index contributed by atoms with van der Waals surface area (Å²) in [6.45, 7) is 3.79. The zero-order valence-electron chi connectivity index (χ0n) is 10.9. The van der Waals surface area contributed by atoms with Crippen molar-refractivity contribution in [3.05, 3.63) is 0 Å².